The molecule has 100 valence electrons. The molecule has 1 rings (SSSR count). The molecule has 0 aromatic rings. The van der Waals surface area contributed by atoms with Crippen molar-refractivity contribution in [2.45, 2.75) is 19.4 Å². The number of nitrogens with two attached hydrogens (primary N) is 1. The Hall–Kier alpha value is -0.755. The number of carbonyl (C=O) groups excluding carboxylic acids is 1. The average Bonchev–Trinajstić information content (AvgIpc) is 2.15. The molecule has 0 bridgehead atoms. The molecule has 8 heteroatoms. The molecule has 1 amide bonds. The van der Waals surface area contributed by atoms with Crippen LogP contribution < -0.4 is 10.6 Å². The van der Waals surface area contributed by atoms with E-state index in [2.05, 4.69) is 0 Å². The second-order valence-corrected chi connectivity index (χ2v) is 5.07. The lowest BCUT2D eigenvalue weighted by Gasteiger charge is -2.41. The number of hydrogen-bond donors (Lipinski definition) is 2. The van der Waals surface area contributed by atoms with Crippen molar-refractivity contribution >= 4 is 12.9 Å². The number of piperazine rings is 1. The first-order valence-corrected chi connectivity index (χ1v) is 5.72. The van der Waals surface area contributed by atoms with Gasteiger partial charge in [0.25, 0.3) is 0 Å². The monoisotopic (exact) mass is 253 g/mol. The average molecular weight is 253 g/mol. The smallest absolute Gasteiger partial charge is 0.445 e. The van der Waals surface area contributed by atoms with E-state index >= 15 is 0 Å². The summed E-state index contributed by atoms with van der Waals surface area (Å²) < 4.78 is 36.8. The SMILES string of the molecule is CC(C)(C(N)=O)N1CC[NH+](C[B-](F)(F)F)CC1. The quantitative estimate of drug-likeness (QED) is 0.621. The van der Waals surface area contributed by atoms with Crippen LogP contribution in [0.1, 0.15) is 13.8 Å². The topological polar surface area (TPSA) is 50.8 Å². The summed E-state index contributed by atoms with van der Waals surface area (Å²) in [6.07, 6.45) is -0.745. The molecule has 17 heavy (non-hydrogen) atoms. The van der Waals surface area contributed by atoms with Crippen LogP contribution >= 0.6 is 0 Å². The Morgan fingerprint density at radius 1 is 1.35 bits per heavy atom. The number of nitrogens with zero attached hydrogens (tertiary/aromatic N) is 1. The lowest BCUT2D eigenvalue weighted by atomic mass is 9.90. The Labute approximate surface area is 99.0 Å². The molecule has 0 aromatic carbocycles. The highest BCUT2D eigenvalue weighted by molar-refractivity contribution is 6.58. The van der Waals surface area contributed by atoms with Gasteiger partial charge in [0, 0.05) is 13.1 Å². The first-order chi connectivity index (χ1) is 7.63. The van der Waals surface area contributed by atoms with Crippen LogP contribution in [0.2, 0.25) is 0 Å². The van der Waals surface area contributed by atoms with Gasteiger partial charge in [-0.15, -0.1) is 0 Å². The third-order valence-electron chi connectivity index (χ3n) is 3.38. The molecule has 0 aliphatic carbocycles. The van der Waals surface area contributed by atoms with Crippen LogP contribution in [0.25, 0.3) is 0 Å². The van der Waals surface area contributed by atoms with Crippen molar-refractivity contribution in [1.82, 2.24) is 4.90 Å². The van der Waals surface area contributed by atoms with Gasteiger partial charge >= 0.3 is 6.98 Å². The number of rotatable bonds is 4. The number of halogens is 3. The van der Waals surface area contributed by atoms with Crippen LogP contribution in [0.3, 0.4) is 0 Å². The van der Waals surface area contributed by atoms with Gasteiger partial charge in [0.1, 0.15) is 0 Å². The standard InChI is InChI=1S/C9H18BF3N3O/c1-9(2,8(14)17)16-5-3-15(4-6-16)7-10(11,12)13/h3-7H2,1-2H3,(H2,14,17)/q-1/p+1. The maximum atomic E-state index is 12.3. The summed E-state index contributed by atoms with van der Waals surface area (Å²) in [5, 5.41) is 0. The molecule has 0 spiro atoms. The summed E-state index contributed by atoms with van der Waals surface area (Å²) in [6, 6.07) is 0. The predicted octanol–water partition coefficient (Wildman–Crippen LogP) is -1.16. The number of amides is 1. The third-order valence-corrected chi connectivity index (χ3v) is 3.38. The molecular formula is C9H19BF3N3O. The Bertz CT molecular complexity index is 288. The van der Waals surface area contributed by atoms with E-state index in [0.717, 1.165) is 0 Å². The fraction of sp³-hybridized carbons (Fsp3) is 0.889. The van der Waals surface area contributed by atoms with Crippen molar-refractivity contribution in [3.63, 3.8) is 0 Å². The highest BCUT2D eigenvalue weighted by Crippen LogP contribution is 2.13. The summed E-state index contributed by atoms with van der Waals surface area (Å²) in [6.45, 7) is 0.408. The van der Waals surface area contributed by atoms with Crippen molar-refractivity contribution in [2.24, 2.45) is 5.73 Å². The Balaban J connectivity index is 2.49. The van der Waals surface area contributed by atoms with Crippen LogP contribution in [-0.4, -0.2) is 55.9 Å². The van der Waals surface area contributed by atoms with E-state index in [9.17, 15) is 17.7 Å². The highest BCUT2D eigenvalue weighted by atomic mass is 19.4. The molecule has 0 saturated carbocycles. The molecule has 3 N–H and O–H groups in total. The Kier molecular flexibility index (Phi) is 4.08. The van der Waals surface area contributed by atoms with Gasteiger partial charge in [-0.3, -0.25) is 9.69 Å². The van der Waals surface area contributed by atoms with Crippen molar-refractivity contribution in [3.8, 4) is 0 Å². The second-order valence-electron chi connectivity index (χ2n) is 5.07. The zero-order valence-electron chi connectivity index (χ0n) is 10.2. The van der Waals surface area contributed by atoms with Gasteiger partial charge in [-0.2, -0.15) is 0 Å². The molecule has 1 heterocycles. The maximum Gasteiger partial charge on any atom is 0.531 e. The largest absolute Gasteiger partial charge is 0.531 e. The fourth-order valence-corrected chi connectivity index (χ4v) is 2.07. The van der Waals surface area contributed by atoms with E-state index < -0.39 is 24.9 Å². The summed E-state index contributed by atoms with van der Waals surface area (Å²) in [5.74, 6) is -0.444. The van der Waals surface area contributed by atoms with Crippen molar-refractivity contribution in [1.29, 1.82) is 0 Å². The van der Waals surface area contributed by atoms with Gasteiger partial charge in [0.15, 0.2) is 0 Å². The molecule has 1 fully saturated rings. The van der Waals surface area contributed by atoms with Gasteiger partial charge in [-0.05, 0) is 13.8 Å². The summed E-state index contributed by atoms with van der Waals surface area (Å²) in [5.41, 5.74) is 4.49. The van der Waals surface area contributed by atoms with Crippen molar-refractivity contribution in [3.05, 3.63) is 0 Å². The molecule has 1 aliphatic rings. The van der Waals surface area contributed by atoms with E-state index in [1.807, 2.05) is 4.90 Å². The molecule has 0 unspecified atom stereocenters. The number of nitrogens with one attached hydrogen (secondary N) is 1. The molecule has 1 aliphatic heterocycles. The molecule has 0 aromatic heterocycles. The minimum Gasteiger partial charge on any atom is -0.445 e. The summed E-state index contributed by atoms with van der Waals surface area (Å²) >= 11 is 0. The van der Waals surface area contributed by atoms with Crippen LogP contribution in [0, 0.1) is 0 Å². The molecule has 0 radical (unpaired) electrons. The number of quaternary nitrogens is 1. The zero-order chi connectivity index (χ0) is 13.3. The van der Waals surface area contributed by atoms with Gasteiger partial charge in [-0.25, -0.2) is 0 Å². The Morgan fingerprint density at radius 2 is 1.82 bits per heavy atom. The van der Waals surface area contributed by atoms with E-state index in [1.165, 1.54) is 0 Å². The molecule has 0 atom stereocenters. The normalized spacial score (nSPS) is 20.5. The molecule has 1 saturated heterocycles. The van der Waals surface area contributed by atoms with Gasteiger partial charge in [0.05, 0.1) is 25.1 Å². The first-order valence-electron chi connectivity index (χ1n) is 5.72. The van der Waals surface area contributed by atoms with Crippen LogP contribution in [0.5, 0.6) is 0 Å². The van der Waals surface area contributed by atoms with Crippen LogP contribution in [0.4, 0.5) is 12.9 Å². The van der Waals surface area contributed by atoms with E-state index in [-0.39, 0.29) is 0 Å². The van der Waals surface area contributed by atoms with E-state index in [1.54, 1.807) is 13.8 Å². The number of carbonyl (C=O) groups is 1. The van der Waals surface area contributed by atoms with Crippen LogP contribution in [-0.2, 0) is 4.79 Å². The highest BCUT2D eigenvalue weighted by Gasteiger charge is 2.38. The molecular weight excluding hydrogens is 234 g/mol. The predicted molar refractivity (Wildman–Crippen MR) is 59.5 cm³/mol. The Morgan fingerprint density at radius 3 is 2.18 bits per heavy atom. The van der Waals surface area contributed by atoms with Gasteiger partial charge in [0.2, 0.25) is 5.91 Å². The first kappa shape index (κ1) is 14.3. The number of primary amides is 1. The third kappa shape index (κ3) is 3.88. The van der Waals surface area contributed by atoms with Crippen LogP contribution in [0.15, 0.2) is 0 Å². The zero-order valence-corrected chi connectivity index (χ0v) is 10.2. The van der Waals surface area contributed by atoms with Gasteiger partial charge in [-0.1, -0.05) is 0 Å². The second kappa shape index (κ2) is 4.85. The number of hydrogen-bond acceptors (Lipinski definition) is 2. The maximum absolute atomic E-state index is 12.3. The summed E-state index contributed by atoms with van der Waals surface area (Å²) in [4.78, 5) is 13.6. The molecule has 4 nitrogen and oxygen atoms in total. The minimum absolute atomic E-state index is 0.401. The lowest BCUT2D eigenvalue weighted by Crippen LogP contribution is -3.16. The van der Waals surface area contributed by atoms with Crippen molar-refractivity contribution < 1.29 is 22.6 Å². The fourth-order valence-electron chi connectivity index (χ4n) is 2.07. The van der Waals surface area contributed by atoms with E-state index in [0.29, 0.717) is 31.1 Å². The summed E-state index contributed by atoms with van der Waals surface area (Å²) in [7, 11) is 0. The van der Waals surface area contributed by atoms with Gasteiger partial charge < -0.3 is 23.6 Å². The van der Waals surface area contributed by atoms with E-state index in [4.69, 9.17) is 5.73 Å². The minimum atomic E-state index is -4.74. The van der Waals surface area contributed by atoms with Crippen molar-refractivity contribution in [2.75, 3.05) is 32.6 Å². The lowest BCUT2D eigenvalue weighted by molar-refractivity contribution is -0.896.